The minimum Gasteiger partial charge on any atom is -0.456 e. The Hall–Kier alpha value is -7.41. The lowest BCUT2D eigenvalue weighted by molar-refractivity contribution is 0.669. The van der Waals surface area contributed by atoms with Gasteiger partial charge in [0.2, 0.25) is 0 Å². The van der Waals surface area contributed by atoms with Crippen molar-refractivity contribution < 1.29 is 4.42 Å². The first-order chi connectivity index (χ1) is 28.3. The molecule has 0 spiro atoms. The number of para-hydroxylation sites is 2. The molecule has 266 valence electrons. The topological polar surface area (TPSA) is 56.7 Å². The van der Waals surface area contributed by atoms with Crippen molar-refractivity contribution >= 4 is 75.3 Å². The molecule has 0 bridgehead atoms. The third-order valence-corrected chi connectivity index (χ3v) is 12.2. The molecule has 0 fully saturated rings. The standard InChI is InChI=1S/C51H30N4OS/c1-3-14-31(15-4-1)49-52-50(32-16-5-2-6-17-32)54-51(53-49)38-21-12-27-44-46(38)37-29-28-33(30-45(37)57-44)34-20-11-25-42-47(34)48-41(24-13-26-43(48)56-42)55-39-22-9-7-18-35(39)36-19-8-10-23-40(36)55/h1-30H. The van der Waals surface area contributed by atoms with Gasteiger partial charge in [0.1, 0.15) is 11.2 Å². The van der Waals surface area contributed by atoms with E-state index in [1.807, 2.05) is 60.7 Å². The molecule has 0 saturated carbocycles. The molecule has 0 aliphatic carbocycles. The lowest BCUT2D eigenvalue weighted by atomic mass is 9.97. The van der Waals surface area contributed by atoms with Gasteiger partial charge in [-0.1, -0.05) is 140 Å². The summed E-state index contributed by atoms with van der Waals surface area (Å²) in [5, 5.41) is 7.00. The zero-order valence-electron chi connectivity index (χ0n) is 30.4. The molecule has 4 aromatic heterocycles. The quantitative estimate of drug-likeness (QED) is 0.176. The normalized spacial score (nSPS) is 11.9. The Labute approximate surface area is 330 Å². The number of hydrogen-bond donors (Lipinski definition) is 0. The van der Waals surface area contributed by atoms with Crippen molar-refractivity contribution in [2.24, 2.45) is 0 Å². The zero-order chi connectivity index (χ0) is 37.5. The highest BCUT2D eigenvalue weighted by molar-refractivity contribution is 7.26. The second-order valence-electron chi connectivity index (χ2n) is 14.3. The van der Waals surface area contributed by atoms with Crippen LogP contribution >= 0.6 is 11.3 Å². The molecule has 5 nitrogen and oxygen atoms in total. The molecule has 8 aromatic carbocycles. The molecule has 0 N–H and O–H groups in total. The van der Waals surface area contributed by atoms with Gasteiger partial charge in [-0.25, -0.2) is 15.0 Å². The summed E-state index contributed by atoms with van der Waals surface area (Å²) in [5.74, 6) is 1.96. The van der Waals surface area contributed by atoms with Gasteiger partial charge in [-0.05, 0) is 53.6 Å². The first-order valence-corrected chi connectivity index (χ1v) is 19.8. The SMILES string of the molecule is c1ccc(-c2nc(-c3ccccc3)nc(-c3cccc4sc5cc(-c6cccc7oc8cccc(-n9c%10ccccc%10c%10ccccc%109)c8c67)ccc5c34)n2)cc1. The number of benzene rings is 8. The van der Waals surface area contributed by atoms with Gasteiger partial charge in [0.05, 0.1) is 22.1 Å². The van der Waals surface area contributed by atoms with E-state index in [9.17, 15) is 0 Å². The Morgan fingerprint density at radius 1 is 0.386 bits per heavy atom. The van der Waals surface area contributed by atoms with Crippen molar-refractivity contribution in [1.82, 2.24) is 19.5 Å². The minimum atomic E-state index is 0.652. The number of rotatable bonds is 5. The smallest absolute Gasteiger partial charge is 0.164 e. The predicted molar refractivity (Wildman–Crippen MR) is 236 cm³/mol. The minimum absolute atomic E-state index is 0.652. The molecule has 0 aliphatic heterocycles. The molecule has 12 rings (SSSR count). The number of aromatic nitrogens is 4. The molecule has 0 saturated heterocycles. The third kappa shape index (κ3) is 4.98. The van der Waals surface area contributed by atoms with Gasteiger partial charge in [-0.15, -0.1) is 11.3 Å². The Morgan fingerprint density at radius 2 is 0.965 bits per heavy atom. The van der Waals surface area contributed by atoms with Crippen molar-refractivity contribution in [2.75, 3.05) is 0 Å². The highest BCUT2D eigenvalue weighted by Crippen LogP contribution is 2.45. The molecule has 57 heavy (non-hydrogen) atoms. The maximum atomic E-state index is 6.63. The number of hydrogen-bond acceptors (Lipinski definition) is 5. The second-order valence-corrected chi connectivity index (χ2v) is 15.4. The predicted octanol–water partition coefficient (Wildman–Crippen LogP) is 13.9. The summed E-state index contributed by atoms with van der Waals surface area (Å²) in [5.41, 5.74) is 10.3. The van der Waals surface area contributed by atoms with Crippen LogP contribution < -0.4 is 0 Å². The van der Waals surface area contributed by atoms with Gasteiger partial charge in [0.25, 0.3) is 0 Å². The van der Waals surface area contributed by atoms with Crippen LogP contribution in [0.4, 0.5) is 0 Å². The lowest BCUT2D eigenvalue weighted by Crippen LogP contribution is -2.00. The fourth-order valence-electron chi connectivity index (χ4n) is 8.57. The van der Waals surface area contributed by atoms with E-state index >= 15 is 0 Å². The van der Waals surface area contributed by atoms with E-state index in [0.29, 0.717) is 17.5 Å². The average Bonchev–Trinajstić information content (AvgIpc) is 3.96. The van der Waals surface area contributed by atoms with Crippen molar-refractivity contribution in [3.63, 3.8) is 0 Å². The van der Waals surface area contributed by atoms with Crippen LogP contribution in [0.2, 0.25) is 0 Å². The number of nitrogens with zero attached hydrogens (tertiary/aromatic N) is 4. The summed E-state index contributed by atoms with van der Waals surface area (Å²) in [6.45, 7) is 0. The Bertz CT molecular complexity index is 3420. The zero-order valence-corrected chi connectivity index (χ0v) is 31.2. The third-order valence-electron chi connectivity index (χ3n) is 11.1. The van der Waals surface area contributed by atoms with E-state index in [0.717, 1.165) is 60.8 Å². The summed E-state index contributed by atoms with van der Waals surface area (Å²) >= 11 is 1.80. The van der Waals surface area contributed by atoms with E-state index in [1.165, 1.54) is 36.6 Å². The van der Waals surface area contributed by atoms with E-state index in [1.54, 1.807) is 11.3 Å². The first kappa shape index (κ1) is 31.9. The molecule has 0 aliphatic rings. The van der Waals surface area contributed by atoms with E-state index in [-0.39, 0.29) is 0 Å². The van der Waals surface area contributed by atoms with E-state index in [2.05, 4.69) is 126 Å². The van der Waals surface area contributed by atoms with Crippen molar-refractivity contribution in [1.29, 1.82) is 0 Å². The molecule has 4 heterocycles. The molecular formula is C51H30N4OS. The highest BCUT2D eigenvalue weighted by atomic mass is 32.1. The van der Waals surface area contributed by atoms with Crippen LogP contribution in [0.25, 0.3) is 115 Å². The van der Waals surface area contributed by atoms with Gasteiger partial charge in [0, 0.05) is 53.0 Å². The van der Waals surface area contributed by atoms with Gasteiger partial charge in [-0.3, -0.25) is 0 Å². The Morgan fingerprint density at radius 3 is 1.67 bits per heavy atom. The second kappa shape index (κ2) is 12.6. The van der Waals surface area contributed by atoms with Gasteiger partial charge in [0.15, 0.2) is 17.5 Å². The van der Waals surface area contributed by atoms with Crippen molar-refractivity contribution in [3.8, 4) is 51.0 Å². The summed E-state index contributed by atoms with van der Waals surface area (Å²) in [6, 6.07) is 63.7. The van der Waals surface area contributed by atoms with Crippen LogP contribution in [0.1, 0.15) is 0 Å². The molecule has 0 radical (unpaired) electrons. The van der Waals surface area contributed by atoms with Crippen LogP contribution in [0.15, 0.2) is 186 Å². The number of furan rings is 1. The number of fused-ring (bicyclic) bond motifs is 9. The Balaban J connectivity index is 1.06. The van der Waals surface area contributed by atoms with Gasteiger partial charge in [-0.2, -0.15) is 0 Å². The summed E-state index contributed by atoms with van der Waals surface area (Å²) < 4.78 is 11.4. The average molecular weight is 747 g/mol. The number of thiophene rings is 1. The van der Waals surface area contributed by atoms with Crippen LogP contribution in [0.3, 0.4) is 0 Å². The maximum Gasteiger partial charge on any atom is 0.164 e. The van der Waals surface area contributed by atoms with Crippen LogP contribution in [0.5, 0.6) is 0 Å². The molecule has 0 amide bonds. The van der Waals surface area contributed by atoms with E-state index in [4.69, 9.17) is 19.4 Å². The maximum absolute atomic E-state index is 6.63. The molecule has 0 atom stereocenters. The molecule has 12 aromatic rings. The summed E-state index contributed by atoms with van der Waals surface area (Å²) in [7, 11) is 0. The largest absolute Gasteiger partial charge is 0.456 e. The fourth-order valence-corrected chi connectivity index (χ4v) is 9.74. The fraction of sp³-hybridized carbons (Fsp3) is 0. The van der Waals surface area contributed by atoms with Crippen molar-refractivity contribution in [3.05, 3.63) is 182 Å². The van der Waals surface area contributed by atoms with Crippen LogP contribution in [0, 0.1) is 0 Å². The van der Waals surface area contributed by atoms with Crippen LogP contribution in [-0.2, 0) is 0 Å². The van der Waals surface area contributed by atoms with Gasteiger partial charge < -0.3 is 8.98 Å². The molecular weight excluding hydrogens is 717 g/mol. The van der Waals surface area contributed by atoms with Gasteiger partial charge >= 0.3 is 0 Å². The lowest BCUT2D eigenvalue weighted by Gasteiger charge is -2.11. The van der Waals surface area contributed by atoms with Crippen molar-refractivity contribution in [2.45, 2.75) is 0 Å². The molecule has 6 heteroatoms. The monoisotopic (exact) mass is 746 g/mol. The summed E-state index contributed by atoms with van der Waals surface area (Å²) in [4.78, 5) is 15.1. The highest BCUT2D eigenvalue weighted by Gasteiger charge is 2.21. The first-order valence-electron chi connectivity index (χ1n) is 19.0. The van der Waals surface area contributed by atoms with Crippen LogP contribution in [-0.4, -0.2) is 19.5 Å². The Kier molecular flexibility index (Phi) is 7.03. The summed E-state index contributed by atoms with van der Waals surface area (Å²) in [6.07, 6.45) is 0. The molecule has 0 unspecified atom stereocenters. The van der Waals surface area contributed by atoms with E-state index < -0.39 is 0 Å².